The number of hydrogen-bond donors (Lipinski definition) is 2. The lowest BCUT2D eigenvalue weighted by Gasteiger charge is -2.11. The van der Waals surface area contributed by atoms with E-state index in [1.165, 1.54) is 0 Å². The number of nitrogens with two attached hydrogens (primary N) is 1. The summed E-state index contributed by atoms with van der Waals surface area (Å²) < 4.78 is 5.74. The monoisotopic (exact) mass is 288 g/mol. The molecule has 0 aromatic heterocycles. The van der Waals surface area contributed by atoms with Crippen LogP contribution in [-0.2, 0) is 6.61 Å². The van der Waals surface area contributed by atoms with E-state index in [9.17, 15) is 0 Å². The highest BCUT2D eigenvalue weighted by atomic mass is 35.5. The van der Waals surface area contributed by atoms with Gasteiger partial charge in [-0.1, -0.05) is 29.8 Å². The highest BCUT2D eigenvalue weighted by Crippen LogP contribution is 2.26. The smallest absolute Gasteiger partial charge is 0.138 e. The molecule has 2 aromatic rings. The second-order valence-corrected chi connectivity index (χ2v) is 5.18. The van der Waals surface area contributed by atoms with Crippen molar-refractivity contribution in [3.63, 3.8) is 0 Å². The first-order valence-corrected chi connectivity index (χ1v) is 6.68. The van der Waals surface area contributed by atoms with Crippen molar-refractivity contribution in [2.24, 2.45) is 5.73 Å². The number of nitrogens with one attached hydrogen (secondary N) is 1. The standard InChI is InChI=1S/C16H17ClN2O/c1-10-3-6-15(14(17)7-10)20-9-13-5-4-12(16(18)19)8-11(13)2/h3-8H,9H2,1-2H3,(H3,18,19). The predicted molar refractivity (Wildman–Crippen MR) is 82.7 cm³/mol. The van der Waals surface area contributed by atoms with E-state index >= 15 is 0 Å². The minimum atomic E-state index is 0.0714. The molecular weight excluding hydrogens is 272 g/mol. The Morgan fingerprint density at radius 2 is 1.95 bits per heavy atom. The van der Waals surface area contributed by atoms with Gasteiger partial charge in [-0.15, -0.1) is 0 Å². The molecule has 3 N–H and O–H groups in total. The predicted octanol–water partition coefficient (Wildman–Crippen LogP) is 3.82. The van der Waals surface area contributed by atoms with E-state index in [-0.39, 0.29) is 5.84 Å². The third-order valence-electron chi connectivity index (χ3n) is 3.12. The quantitative estimate of drug-likeness (QED) is 0.664. The van der Waals surface area contributed by atoms with Crippen molar-refractivity contribution in [1.82, 2.24) is 0 Å². The Morgan fingerprint density at radius 1 is 1.20 bits per heavy atom. The number of amidine groups is 1. The molecule has 0 unspecified atom stereocenters. The van der Waals surface area contributed by atoms with Gasteiger partial charge < -0.3 is 10.5 Å². The van der Waals surface area contributed by atoms with E-state index < -0.39 is 0 Å². The van der Waals surface area contributed by atoms with Crippen LogP contribution in [0.15, 0.2) is 36.4 Å². The summed E-state index contributed by atoms with van der Waals surface area (Å²) in [6, 6.07) is 11.4. The number of halogens is 1. The zero-order valence-electron chi connectivity index (χ0n) is 11.5. The van der Waals surface area contributed by atoms with E-state index in [1.807, 2.05) is 50.2 Å². The van der Waals surface area contributed by atoms with Crippen molar-refractivity contribution in [3.8, 4) is 5.75 Å². The minimum absolute atomic E-state index is 0.0714. The molecule has 0 saturated carbocycles. The van der Waals surface area contributed by atoms with Gasteiger partial charge in [-0.05, 0) is 48.7 Å². The summed E-state index contributed by atoms with van der Waals surface area (Å²) in [5.41, 5.74) is 9.38. The maximum Gasteiger partial charge on any atom is 0.138 e. The Kier molecular flexibility index (Phi) is 4.30. The maximum absolute atomic E-state index is 7.42. The van der Waals surface area contributed by atoms with Gasteiger partial charge in [0, 0.05) is 5.56 Å². The highest BCUT2D eigenvalue weighted by molar-refractivity contribution is 6.32. The Balaban J connectivity index is 2.13. The molecule has 0 spiro atoms. The summed E-state index contributed by atoms with van der Waals surface area (Å²) in [6.07, 6.45) is 0. The molecular formula is C16H17ClN2O. The molecule has 0 atom stereocenters. The highest BCUT2D eigenvalue weighted by Gasteiger charge is 2.05. The Bertz CT molecular complexity index is 653. The number of aryl methyl sites for hydroxylation is 2. The lowest BCUT2D eigenvalue weighted by molar-refractivity contribution is 0.305. The van der Waals surface area contributed by atoms with Crippen LogP contribution in [0.25, 0.3) is 0 Å². The van der Waals surface area contributed by atoms with Gasteiger partial charge in [-0.3, -0.25) is 5.41 Å². The zero-order chi connectivity index (χ0) is 14.7. The van der Waals surface area contributed by atoms with Crippen LogP contribution in [-0.4, -0.2) is 5.84 Å². The third kappa shape index (κ3) is 3.31. The second kappa shape index (κ2) is 5.97. The second-order valence-electron chi connectivity index (χ2n) is 4.78. The molecule has 0 amide bonds. The maximum atomic E-state index is 7.42. The van der Waals surface area contributed by atoms with Crippen molar-refractivity contribution in [2.45, 2.75) is 20.5 Å². The molecule has 0 radical (unpaired) electrons. The molecule has 3 nitrogen and oxygen atoms in total. The molecule has 20 heavy (non-hydrogen) atoms. The first-order valence-electron chi connectivity index (χ1n) is 6.30. The molecule has 4 heteroatoms. The van der Waals surface area contributed by atoms with Gasteiger partial charge in [0.1, 0.15) is 18.2 Å². The molecule has 0 fully saturated rings. The van der Waals surface area contributed by atoms with Crippen LogP contribution >= 0.6 is 11.6 Å². The lowest BCUT2D eigenvalue weighted by Crippen LogP contribution is -2.11. The fourth-order valence-electron chi connectivity index (χ4n) is 1.90. The first kappa shape index (κ1) is 14.4. The van der Waals surface area contributed by atoms with Crippen molar-refractivity contribution in [1.29, 1.82) is 5.41 Å². The van der Waals surface area contributed by atoms with Crippen LogP contribution in [0, 0.1) is 19.3 Å². The Morgan fingerprint density at radius 3 is 2.55 bits per heavy atom. The summed E-state index contributed by atoms with van der Waals surface area (Å²) in [7, 11) is 0. The van der Waals surface area contributed by atoms with E-state index in [1.54, 1.807) is 0 Å². The van der Waals surface area contributed by atoms with Crippen LogP contribution in [0.5, 0.6) is 5.75 Å². The largest absolute Gasteiger partial charge is 0.487 e. The Labute approximate surface area is 123 Å². The number of hydrogen-bond acceptors (Lipinski definition) is 2. The normalized spacial score (nSPS) is 10.3. The first-order chi connectivity index (χ1) is 9.47. The van der Waals surface area contributed by atoms with E-state index in [0.717, 1.165) is 22.3 Å². The Hall–Kier alpha value is -2.00. The molecule has 0 bridgehead atoms. The van der Waals surface area contributed by atoms with Crippen LogP contribution in [0.4, 0.5) is 0 Å². The van der Waals surface area contributed by atoms with Gasteiger partial charge in [0.25, 0.3) is 0 Å². The van der Waals surface area contributed by atoms with E-state index in [2.05, 4.69) is 0 Å². The van der Waals surface area contributed by atoms with Crippen LogP contribution in [0.3, 0.4) is 0 Å². The van der Waals surface area contributed by atoms with Crippen LogP contribution in [0.2, 0.25) is 5.02 Å². The molecule has 0 aliphatic heterocycles. The van der Waals surface area contributed by atoms with Gasteiger partial charge in [-0.25, -0.2) is 0 Å². The van der Waals surface area contributed by atoms with Gasteiger partial charge in [0.15, 0.2) is 0 Å². The van der Waals surface area contributed by atoms with Crippen molar-refractivity contribution in [3.05, 3.63) is 63.7 Å². The van der Waals surface area contributed by atoms with Gasteiger partial charge in [0.2, 0.25) is 0 Å². The summed E-state index contributed by atoms with van der Waals surface area (Å²) in [5.74, 6) is 0.745. The molecule has 2 rings (SSSR count). The lowest BCUT2D eigenvalue weighted by atomic mass is 10.1. The minimum Gasteiger partial charge on any atom is -0.487 e. The third-order valence-corrected chi connectivity index (χ3v) is 3.42. The average Bonchev–Trinajstić information content (AvgIpc) is 2.38. The summed E-state index contributed by atoms with van der Waals surface area (Å²) in [6.45, 7) is 4.40. The topological polar surface area (TPSA) is 59.1 Å². The molecule has 0 heterocycles. The SMILES string of the molecule is Cc1ccc(OCc2ccc(C(=N)N)cc2C)c(Cl)c1. The molecule has 0 saturated heterocycles. The van der Waals surface area contributed by atoms with Crippen molar-refractivity contribution >= 4 is 17.4 Å². The molecule has 0 aliphatic rings. The van der Waals surface area contributed by atoms with Crippen LogP contribution < -0.4 is 10.5 Å². The van der Waals surface area contributed by atoms with Crippen molar-refractivity contribution < 1.29 is 4.74 Å². The molecule has 0 aliphatic carbocycles. The zero-order valence-corrected chi connectivity index (χ0v) is 12.3. The van der Waals surface area contributed by atoms with Crippen molar-refractivity contribution in [2.75, 3.05) is 0 Å². The van der Waals surface area contributed by atoms with E-state index in [0.29, 0.717) is 17.4 Å². The fourth-order valence-corrected chi connectivity index (χ4v) is 2.19. The molecule has 104 valence electrons. The van der Waals surface area contributed by atoms with E-state index in [4.69, 9.17) is 27.5 Å². The number of rotatable bonds is 4. The van der Waals surface area contributed by atoms with Crippen LogP contribution in [0.1, 0.15) is 22.3 Å². The van der Waals surface area contributed by atoms with Gasteiger partial charge >= 0.3 is 0 Å². The number of nitrogen functional groups attached to an aromatic ring is 1. The molecule has 2 aromatic carbocycles. The summed E-state index contributed by atoms with van der Waals surface area (Å²) in [4.78, 5) is 0. The fraction of sp³-hybridized carbons (Fsp3) is 0.188. The summed E-state index contributed by atoms with van der Waals surface area (Å²) >= 11 is 6.13. The van der Waals surface area contributed by atoms with Gasteiger partial charge in [0.05, 0.1) is 5.02 Å². The average molecular weight is 289 g/mol. The number of ether oxygens (including phenoxy) is 1. The number of benzene rings is 2. The summed E-state index contributed by atoms with van der Waals surface area (Å²) in [5, 5.41) is 8.03. The van der Waals surface area contributed by atoms with Gasteiger partial charge in [-0.2, -0.15) is 0 Å².